The van der Waals surface area contributed by atoms with E-state index in [2.05, 4.69) is 15.4 Å². The van der Waals surface area contributed by atoms with Crippen LogP contribution in [-0.4, -0.2) is 56.0 Å². The second kappa shape index (κ2) is 11.5. The van der Waals surface area contributed by atoms with Crippen molar-refractivity contribution in [3.63, 3.8) is 0 Å². The highest BCUT2D eigenvalue weighted by Gasteiger charge is 2.28. The minimum atomic E-state index is -3.98. The number of carbonyl (C=O) groups is 3. The number of aliphatic hydroxyl groups excluding tert-OH is 1. The molecule has 178 valence electrons. The number of primary amides is 1. The first-order valence-electron chi connectivity index (χ1n) is 10.2. The SMILES string of the molecule is Cc1ccc(S(=O)(=O)N[C@@H](C)C(=O)N[C@@H](CO)C(=O)N[C@@H](Cc2ccccc2)C(N)=O)cc1. The lowest BCUT2D eigenvalue weighted by molar-refractivity contribution is -0.132. The summed E-state index contributed by atoms with van der Waals surface area (Å²) in [6.45, 7) is 2.34. The van der Waals surface area contributed by atoms with E-state index in [1.807, 2.05) is 6.92 Å². The van der Waals surface area contributed by atoms with Crippen molar-refractivity contribution in [2.45, 2.75) is 43.3 Å². The van der Waals surface area contributed by atoms with Crippen LogP contribution < -0.4 is 21.1 Å². The number of sulfonamides is 1. The van der Waals surface area contributed by atoms with Gasteiger partial charge >= 0.3 is 0 Å². The minimum Gasteiger partial charge on any atom is -0.394 e. The lowest BCUT2D eigenvalue weighted by Gasteiger charge is -2.22. The van der Waals surface area contributed by atoms with Gasteiger partial charge in [-0.25, -0.2) is 8.42 Å². The average molecular weight is 477 g/mol. The molecule has 0 aliphatic rings. The molecule has 0 heterocycles. The van der Waals surface area contributed by atoms with Crippen molar-refractivity contribution in [2.75, 3.05) is 6.61 Å². The Labute approximate surface area is 192 Å². The summed E-state index contributed by atoms with van der Waals surface area (Å²) < 4.78 is 27.2. The van der Waals surface area contributed by atoms with Crippen molar-refractivity contribution in [2.24, 2.45) is 5.73 Å². The van der Waals surface area contributed by atoms with Crippen LogP contribution in [0.1, 0.15) is 18.1 Å². The second-order valence-corrected chi connectivity index (χ2v) is 9.27. The predicted octanol–water partition coefficient (Wildman–Crippen LogP) is -0.648. The number of rotatable bonds is 11. The Bertz CT molecular complexity index is 1070. The number of hydrogen-bond donors (Lipinski definition) is 5. The molecule has 0 aliphatic carbocycles. The number of benzene rings is 2. The zero-order chi connectivity index (χ0) is 24.6. The summed E-state index contributed by atoms with van der Waals surface area (Å²) in [5.41, 5.74) is 7.01. The van der Waals surface area contributed by atoms with Crippen molar-refractivity contribution >= 4 is 27.7 Å². The molecule has 10 nitrogen and oxygen atoms in total. The molecule has 0 aromatic heterocycles. The molecule has 2 rings (SSSR count). The first-order valence-corrected chi connectivity index (χ1v) is 11.7. The van der Waals surface area contributed by atoms with Gasteiger partial charge in [0.1, 0.15) is 12.1 Å². The molecule has 11 heteroatoms. The predicted molar refractivity (Wildman–Crippen MR) is 121 cm³/mol. The van der Waals surface area contributed by atoms with Gasteiger partial charge in [0, 0.05) is 6.42 Å². The Kier molecular flexibility index (Phi) is 9.09. The fourth-order valence-corrected chi connectivity index (χ4v) is 4.11. The number of hydrogen-bond acceptors (Lipinski definition) is 6. The van der Waals surface area contributed by atoms with Crippen LogP contribution in [0, 0.1) is 6.92 Å². The Morgan fingerprint density at radius 3 is 2.06 bits per heavy atom. The molecule has 6 N–H and O–H groups in total. The smallest absolute Gasteiger partial charge is 0.245 e. The van der Waals surface area contributed by atoms with Gasteiger partial charge in [-0.05, 0) is 31.5 Å². The van der Waals surface area contributed by atoms with Crippen molar-refractivity contribution in [1.29, 1.82) is 0 Å². The topological polar surface area (TPSA) is 168 Å². The van der Waals surface area contributed by atoms with Gasteiger partial charge in [-0.3, -0.25) is 14.4 Å². The second-order valence-electron chi connectivity index (χ2n) is 7.55. The van der Waals surface area contributed by atoms with Crippen LogP contribution >= 0.6 is 0 Å². The Hall–Kier alpha value is -3.28. The number of aliphatic hydroxyl groups is 1. The normalized spacial score (nSPS) is 14.0. The molecule has 3 atom stereocenters. The number of nitrogens with one attached hydrogen (secondary N) is 3. The molecule has 0 saturated carbocycles. The maximum atomic E-state index is 12.5. The molecule has 0 bridgehead atoms. The van der Waals surface area contributed by atoms with Gasteiger partial charge in [-0.1, -0.05) is 48.0 Å². The highest BCUT2D eigenvalue weighted by molar-refractivity contribution is 7.89. The van der Waals surface area contributed by atoms with E-state index in [-0.39, 0.29) is 11.3 Å². The van der Waals surface area contributed by atoms with E-state index in [4.69, 9.17) is 5.73 Å². The van der Waals surface area contributed by atoms with Crippen molar-refractivity contribution in [3.8, 4) is 0 Å². The summed E-state index contributed by atoms with van der Waals surface area (Å²) in [4.78, 5) is 36.8. The van der Waals surface area contributed by atoms with Crippen LogP contribution in [0.5, 0.6) is 0 Å². The van der Waals surface area contributed by atoms with Crippen LogP contribution in [0.15, 0.2) is 59.5 Å². The quantitative estimate of drug-likeness (QED) is 0.289. The van der Waals surface area contributed by atoms with Gasteiger partial charge in [0.25, 0.3) is 0 Å². The molecule has 0 saturated heterocycles. The molecule has 0 fully saturated rings. The maximum Gasteiger partial charge on any atom is 0.245 e. The fraction of sp³-hybridized carbons (Fsp3) is 0.318. The lowest BCUT2D eigenvalue weighted by atomic mass is 10.1. The molecule has 2 aromatic carbocycles. The number of aryl methyl sites for hydroxylation is 1. The molecule has 0 spiro atoms. The molecule has 2 aromatic rings. The summed E-state index contributed by atoms with van der Waals surface area (Å²) in [6.07, 6.45) is 0.126. The zero-order valence-corrected chi connectivity index (χ0v) is 19.1. The standard InChI is InChI=1S/C22H28N4O6S/c1-14-8-10-17(11-9-14)33(31,32)26-15(2)21(29)25-19(13-27)22(30)24-18(20(23)28)12-16-6-4-3-5-7-16/h3-11,15,18-19,26-27H,12-13H2,1-2H3,(H2,23,28)(H,24,30)(H,25,29)/t15-,18-,19-/m0/s1. The number of carbonyl (C=O) groups excluding carboxylic acids is 3. The number of amides is 3. The third kappa shape index (κ3) is 7.67. The van der Waals surface area contributed by atoms with E-state index in [0.29, 0.717) is 0 Å². The zero-order valence-electron chi connectivity index (χ0n) is 18.3. The van der Waals surface area contributed by atoms with Gasteiger partial charge in [-0.2, -0.15) is 4.72 Å². The van der Waals surface area contributed by atoms with Crippen molar-refractivity contribution < 1.29 is 27.9 Å². The van der Waals surface area contributed by atoms with Gasteiger partial charge in [0.15, 0.2) is 0 Å². The Morgan fingerprint density at radius 1 is 0.939 bits per heavy atom. The van der Waals surface area contributed by atoms with Crippen LogP contribution in [-0.2, 0) is 30.8 Å². The first kappa shape index (κ1) is 26.0. The highest BCUT2D eigenvalue weighted by Crippen LogP contribution is 2.10. The molecule has 0 aliphatic heterocycles. The number of nitrogens with two attached hydrogens (primary N) is 1. The van der Waals surface area contributed by atoms with Gasteiger partial charge in [0.2, 0.25) is 27.7 Å². The highest BCUT2D eigenvalue weighted by atomic mass is 32.2. The Morgan fingerprint density at radius 2 is 1.52 bits per heavy atom. The molecule has 3 amide bonds. The maximum absolute atomic E-state index is 12.5. The average Bonchev–Trinajstić information content (AvgIpc) is 2.77. The molecule has 0 unspecified atom stereocenters. The fourth-order valence-electron chi connectivity index (χ4n) is 2.91. The van der Waals surface area contributed by atoms with Crippen molar-refractivity contribution in [3.05, 3.63) is 65.7 Å². The molecular formula is C22H28N4O6S. The van der Waals surface area contributed by atoms with Crippen LogP contribution in [0.25, 0.3) is 0 Å². The largest absolute Gasteiger partial charge is 0.394 e. The van der Waals surface area contributed by atoms with Crippen LogP contribution in [0.4, 0.5) is 0 Å². The van der Waals surface area contributed by atoms with Gasteiger partial charge in [-0.15, -0.1) is 0 Å². The van der Waals surface area contributed by atoms with E-state index in [1.54, 1.807) is 42.5 Å². The summed E-state index contributed by atoms with van der Waals surface area (Å²) in [7, 11) is -3.98. The summed E-state index contributed by atoms with van der Waals surface area (Å²) in [6, 6.07) is 11.2. The molecular weight excluding hydrogens is 448 g/mol. The van der Waals surface area contributed by atoms with Gasteiger partial charge < -0.3 is 21.5 Å². The minimum absolute atomic E-state index is 0.0191. The van der Waals surface area contributed by atoms with E-state index in [0.717, 1.165) is 11.1 Å². The third-order valence-electron chi connectivity index (χ3n) is 4.81. The first-order chi connectivity index (χ1) is 15.5. The summed E-state index contributed by atoms with van der Waals surface area (Å²) in [5, 5.41) is 14.3. The van der Waals surface area contributed by atoms with E-state index < -0.39 is 52.5 Å². The lowest BCUT2D eigenvalue weighted by Crippen LogP contribution is -2.57. The van der Waals surface area contributed by atoms with E-state index in [9.17, 15) is 27.9 Å². The summed E-state index contributed by atoms with van der Waals surface area (Å²) in [5.74, 6) is -2.45. The van der Waals surface area contributed by atoms with Gasteiger partial charge in [0.05, 0.1) is 17.5 Å². The molecule has 0 radical (unpaired) electrons. The van der Waals surface area contributed by atoms with E-state index in [1.165, 1.54) is 19.1 Å². The molecule has 33 heavy (non-hydrogen) atoms. The van der Waals surface area contributed by atoms with E-state index >= 15 is 0 Å². The van der Waals surface area contributed by atoms with Crippen molar-refractivity contribution in [1.82, 2.24) is 15.4 Å². The van der Waals surface area contributed by atoms with Crippen LogP contribution in [0.3, 0.4) is 0 Å². The summed E-state index contributed by atoms with van der Waals surface area (Å²) >= 11 is 0. The van der Waals surface area contributed by atoms with Crippen LogP contribution in [0.2, 0.25) is 0 Å². The Balaban J connectivity index is 2.01. The third-order valence-corrected chi connectivity index (χ3v) is 6.37. The monoisotopic (exact) mass is 476 g/mol.